The second-order valence-electron chi connectivity index (χ2n) is 6.13. The minimum Gasteiger partial charge on any atom is -0.491 e. The standard InChI is InChI=1S/C20H28N2O2/c1-21(15-16-22(2)18-9-5-3-6-10-18)14-13-19(23)17-24-20-11-7-4-8-12-20/h3-12,19,23H,13-17H2,1-2H3. The summed E-state index contributed by atoms with van der Waals surface area (Å²) >= 11 is 0. The molecule has 2 rings (SSSR count). The number of hydrogen-bond acceptors (Lipinski definition) is 4. The van der Waals surface area contributed by atoms with Gasteiger partial charge in [-0.15, -0.1) is 0 Å². The number of ether oxygens (including phenoxy) is 1. The number of hydrogen-bond donors (Lipinski definition) is 1. The summed E-state index contributed by atoms with van der Waals surface area (Å²) < 4.78 is 5.58. The minimum atomic E-state index is -0.445. The van der Waals surface area contributed by atoms with Crippen LogP contribution in [0.4, 0.5) is 5.69 Å². The van der Waals surface area contributed by atoms with Crippen molar-refractivity contribution in [3.8, 4) is 5.75 Å². The highest BCUT2D eigenvalue weighted by molar-refractivity contribution is 5.44. The molecule has 0 aliphatic rings. The van der Waals surface area contributed by atoms with Crippen LogP contribution in [0.3, 0.4) is 0 Å². The van der Waals surface area contributed by atoms with Gasteiger partial charge in [-0.2, -0.15) is 0 Å². The summed E-state index contributed by atoms with van der Waals surface area (Å²) in [4.78, 5) is 4.48. The number of likely N-dealkylation sites (N-methyl/N-ethyl adjacent to an activating group) is 2. The van der Waals surface area contributed by atoms with Crippen molar-refractivity contribution in [2.24, 2.45) is 0 Å². The third kappa shape index (κ3) is 6.60. The molecule has 2 aromatic rings. The number of nitrogens with zero attached hydrogens (tertiary/aromatic N) is 2. The first-order chi connectivity index (χ1) is 11.6. The Morgan fingerprint density at radius 1 is 0.875 bits per heavy atom. The zero-order valence-electron chi connectivity index (χ0n) is 14.6. The van der Waals surface area contributed by atoms with Crippen LogP contribution in [-0.4, -0.2) is 56.4 Å². The van der Waals surface area contributed by atoms with Crippen molar-refractivity contribution in [2.75, 3.05) is 45.2 Å². The fraction of sp³-hybridized carbons (Fsp3) is 0.400. The van der Waals surface area contributed by atoms with Crippen LogP contribution >= 0.6 is 0 Å². The molecule has 2 aromatic carbocycles. The molecule has 0 bridgehead atoms. The van der Waals surface area contributed by atoms with E-state index in [0.717, 1.165) is 25.4 Å². The fourth-order valence-electron chi connectivity index (χ4n) is 2.41. The molecule has 0 aliphatic heterocycles. The SMILES string of the molecule is CN(CCC(O)COc1ccccc1)CCN(C)c1ccccc1. The van der Waals surface area contributed by atoms with Crippen molar-refractivity contribution in [2.45, 2.75) is 12.5 Å². The second kappa shape index (κ2) is 9.96. The Hall–Kier alpha value is -2.04. The molecule has 4 nitrogen and oxygen atoms in total. The first-order valence-electron chi connectivity index (χ1n) is 8.46. The van der Waals surface area contributed by atoms with Gasteiger partial charge in [0.05, 0.1) is 6.10 Å². The molecule has 1 atom stereocenters. The highest BCUT2D eigenvalue weighted by Gasteiger charge is 2.08. The van der Waals surface area contributed by atoms with E-state index < -0.39 is 6.10 Å². The molecule has 0 fully saturated rings. The minimum absolute atomic E-state index is 0.335. The number of aliphatic hydroxyl groups is 1. The van der Waals surface area contributed by atoms with Gasteiger partial charge in [0.1, 0.15) is 12.4 Å². The van der Waals surface area contributed by atoms with Crippen LogP contribution < -0.4 is 9.64 Å². The third-order valence-corrected chi connectivity index (χ3v) is 4.04. The Morgan fingerprint density at radius 3 is 2.17 bits per heavy atom. The maximum absolute atomic E-state index is 10.1. The molecule has 0 saturated heterocycles. The maximum atomic E-state index is 10.1. The summed E-state index contributed by atoms with van der Waals surface area (Å²) in [7, 11) is 4.19. The van der Waals surface area contributed by atoms with E-state index in [2.05, 4.69) is 48.2 Å². The highest BCUT2D eigenvalue weighted by Crippen LogP contribution is 2.11. The van der Waals surface area contributed by atoms with Crippen molar-refractivity contribution in [3.63, 3.8) is 0 Å². The number of benzene rings is 2. The lowest BCUT2D eigenvalue weighted by Gasteiger charge is -2.24. The van der Waals surface area contributed by atoms with Crippen LogP contribution in [0.5, 0.6) is 5.75 Å². The summed E-state index contributed by atoms with van der Waals surface area (Å²) in [6.07, 6.45) is 0.262. The predicted molar refractivity (Wildman–Crippen MR) is 99.8 cm³/mol. The molecule has 0 saturated carbocycles. The van der Waals surface area contributed by atoms with Gasteiger partial charge in [0, 0.05) is 32.4 Å². The van der Waals surface area contributed by atoms with Gasteiger partial charge >= 0.3 is 0 Å². The van der Waals surface area contributed by atoms with Crippen molar-refractivity contribution in [1.82, 2.24) is 4.90 Å². The lowest BCUT2D eigenvalue weighted by molar-refractivity contribution is 0.0909. The highest BCUT2D eigenvalue weighted by atomic mass is 16.5. The fourth-order valence-corrected chi connectivity index (χ4v) is 2.41. The molecule has 0 aliphatic carbocycles. The van der Waals surface area contributed by atoms with Gasteiger partial charge in [0.25, 0.3) is 0 Å². The summed E-state index contributed by atoms with van der Waals surface area (Å²) in [5.74, 6) is 0.800. The Labute approximate surface area is 145 Å². The zero-order valence-corrected chi connectivity index (χ0v) is 14.6. The predicted octanol–water partition coefficient (Wildman–Crippen LogP) is 2.88. The number of aliphatic hydroxyl groups excluding tert-OH is 1. The van der Waals surface area contributed by atoms with E-state index in [9.17, 15) is 5.11 Å². The van der Waals surface area contributed by atoms with Crippen LogP contribution in [-0.2, 0) is 0 Å². The number of rotatable bonds is 10. The summed E-state index contributed by atoms with van der Waals surface area (Å²) in [6.45, 7) is 3.10. The quantitative estimate of drug-likeness (QED) is 0.727. The van der Waals surface area contributed by atoms with E-state index in [-0.39, 0.29) is 0 Å². The van der Waals surface area contributed by atoms with Gasteiger partial charge in [-0.25, -0.2) is 0 Å². The molecule has 24 heavy (non-hydrogen) atoms. The third-order valence-electron chi connectivity index (χ3n) is 4.04. The van der Waals surface area contributed by atoms with Crippen LogP contribution in [0.25, 0.3) is 0 Å². The van der Waals surface area contributed by atoms with Crippen LogP contribution in [0.1, 0.15) is 6.42 Å². The van der Waals surface area contributed by atoms with Gasteiger partial charge in [0.15, 0.2) is 0 Å². The van der Waals surface area contributed by atoms with Crippen molar-refractivity contribution >= 4 is 5.69 Å². The number of anilines is 1. The van der Waals surface area contributed by atoms with Gasteiger partial charge in [0.2, 0.25) is 0 Å². The lowest BCUT2D eigenvalue weighted by atomic mass is 10.2. The normalized spacial score (nSPS) is 12.2. The monoisotopic (exact) mass is 328 g/mol. The molecular formula is C20H28N2O2. The molecule has 130 valence electrons. The van der Waals surface area contributed by atoms with Crippen LogP contribution in [0.2, 0.25) is 0 Å². The first-order valence-corrected chi connectivity index (χ1v) is 8.46. The molecule has 1 unspecified atom stereocenters. The molecule has 0 radical (unpaired) electrons. The van der Waals surface area contributed by atoms with E-state index in [1.54, 1.807) is 0 Å². The maximum Gasteiger partial charge on any atom is 0.119 e. The van der Waals surface area contributed by atoms with Crippen LogP contribution in [0.15, 0.2) is 60.7 Å². The summed E-state index contributed by atoms with van der Waals surface area (Å²) in [5, 5.41) is 10.1. The smallest absolute Gasteiger partial charge is 0.119 e. The Bertz CT molecular complexity index is 562. The Balaban J connectivity index is 1.61. The van der Waals surface area contributed by atoms with E-state index in [1.165, 1.54) is 5.69 Å². The van der Waals surface area contributed by atoms with Gasteiger partial charge in [-0.1, -0.05) is 36.4 Å². The zero-order chi connectivity index (χ0) is 17.2. The topological polar surface area (TPSA) is 35.9 Å². The largest absolute Gasteiger partial charge is 0.491 e. The molecule has 0 spiro atoms. The van der Waals surface area contributed by atoms with Gasteiger partial charge < -0.3 is 19.6 Å². The van der Waals surface area contributed by atoms with Crippen LogP contribution in [0, 0.1) is 0 Å². The molecule has 1 N–H and O–H groups in total. The summed E-state index contributed by atoms with van der Waals surface area (Å²) in [6, 6.07) is 20.0. The summed E-state index contributed by atoms with van der Waals surface area (Å²) in [5.41, 5.74) is 1.22. The number of para-hydroxylation sites is 2. The van der Waals surface area contributed by atoms with Crippen molar-refractivity contribution in [3.05, 3.63) is 60.7 Å². The first kappa shape index (κ1) is 18.3. The molecule has 4 heteroatoms. The van der Waals surface area contributed by atoms with Crippen molar-refractivity contribution in [1.29, 1.82) is 0 Å². The lowest BCUT2D eigenvalue weighted by Crippen LogP contribution is -2.33. The Morgan fingerprint density at radius 2 is 1.50 bits per heavy atom. The second-order valence-corrected chi connectivity index (χ2v) is 6.13. The van der Waals surface area contributed by atoms with Crippen molar-refractivity contribution < 1.29 is 9.84 Å². The van der Waals surface area contributed by atoms with E-state index >= 15 is 0 Å². The molecule has 0 amide bonds. The van der Waals surface area contributed by atoms with E-state index in [4.69, 9.17) is 4.74 Å². The van der Waals surface area contributed by atoms with Gasteiger partial charge in [-0.3, -0.25) is 0 Å². The average molecular weight is 328 g/mol. The van der Waals surface area contributed by atoms with Gasteiger partial charge in [-0.05, 0) is 37.7 Å². The Kier molecular flexibility index (Phi) is 7.59. The van der Waals surface area contributed by atoms with E-state index in [0.29, 0.717) is 13.0 Å². The average Bonchev–Trinajstić information content (AvgIpc) is 2.64. The van der Waals surface area contributed by atoms with E-state index in [1.807, 2.05) is 36.4 Å². The molecule has 0 aromatic heterocycles. The molecular weight excluding hydrogens is 300 g/mol. The molecule has 0 heterocycles.